The Balaban J connectivity index is 1.59. The first-order chi connectivity index (χ1) is 13.4. The maximum Gasteiger partial charge on any atom is 0.573 e. The highest BCUT2D eigenvalue weighted by Gasteiger charge is 2.31. The third-order valence-electron chi connectivity index (χ3n) is 3.98. The molecule has 3 heterocycles. The van der Waals surface area contributed by atoms with Crippen molar-refractivity contribution in [3.8, 4) is 5.75 Å². The van der Waals surface area contributed by atoms with E-state index >= 15 is 0 Å². The van der Waals surface area contributed by atoms with E-state index in [0.29, 0.717) is 27.4 Å². The van der Waals surface area contributed by atoms with Gasteiger partial charge in [0.05, 0.1) is 10.2 Å². The Morgan fingerprint density at radius 2 is 1.93 bits per heavy atom. The van der Waals surface area contributed by atoms with E-state index in [2.05, 4.69) is 14.7 Å². The summed E-state index contributed by atoms with van der Waals surface area (Å²) in [6, 6.07) is 10.9. The van der Waals surface area contributed by atoms with E-state index in [1.54, 1.807) is 29.3 Å². The van der Waals surface area contributed by atoms with Crippen LogP contribution in [0.5, 0.6) is 5.75 Å². The molecule has 0 bridgehead atoms. The largest absolute Gasteiger partial charge is 0.573 e. The number of benzene rings is 1. The molecule has 0 aliphatic carbocycles. The smallest absolute Gasteiger partial charge is 0.406 e. The van der Waals surface area contributed by atoms with E-state index in [1.165, 1.54) is 40.2 Å². The monoisotopic (exact) mass is 406 g/mol. The zero-order valence-corrected chi connectivity index (χ0v) is 15.1. The minimum absolute atomic E-state index is 0.184. The zero-order chi connectivity index (χ0) is 19.7. The summed E-state index contributed by atoms with van der Waals surface area (Å²) in [5, 5.41) is 0. The Labute approximate surface area is 160 Å². The van der Waals surface area contributed by atoms with Gasteiger partial charge in [0.15, 0.2) is 4.80 Å². The first kappa shape index (κ1) is 18.2. The number of hydrogen-bond acceptors (Lipinski definition) is 6. The molecule has 0 spiro atoms. The summed E-state index contributed by atoms with van der Waals surface area (Å²) in [5.74, 6) is -0.300. The summed E-state index contributed by atoms with van der Waals surface area (Å²) in [6.07, 6.45) is -1.38. The summed E-state index contributed by atoms with van der Waals surface area (Å²) in [4.78, 5) is 23.7. The number of ether oxygens (including phenoxy) is 1. The molecule has 4 rings (SSSR count). The van der Waals surface area contributed by atoms with Gasteiger partial charge in [0.25, 0.3) is 5.56 Å². The average molecular weight is 406 g/mol. The van der Waals surface area contributed by atoms with Crippen molar-refractivity contribution in [1.29, 1.82) is 0 Å². The van der Waals surface area contributed by atoms with Crippen LogP contribution in [0.4, 0.5) is 18.9 Å². The van der Waals surface area contributed by atoms with Gasteiger partial charge in [-0.15, -0.1) is 13.2 Å². The highest BCUT2D eigenvalue weighted by atomic mass is 32.1. The minimum atomic E-state index is -4.73. The highest BCUT2D eigenvalue weighted by Crippen LogP contribution is 2.25. The molecule has 3 aromatic rings. The molecule has 10 heteroatoms. The minimum Gasteiger partial charge on any atom is -0.406 e. The first-order valence-corrected chi connectivity index (χ1v) is 8.98. The molecule has 28 heavy (non-hydrogen) atoms. The van der Waals surface area contributed by atoms with Crippen molar-refractivity contribution in [2.45, 2.75) is 13.0 Å². The van der Waals surface area contributed by atoms with Gasteiger partial charge in [0.1, 0.15) is 19.1 Å². The lowest BCUT2D eigenvalue weighted by atomic mass is 10.3. The van der Waals surface area contributed by atoms with Gasteiger partial charge in [-0.1, -0.05) is 17.4 Å². The SMILES string of the molecule is O=c1c(=Cc2ccccn2)sc2n1CN(c1ccc(OC(F)(F)F)cc1)CN=2. The average Bonchev–Trinajstić information content (AvgIpc) is 2.97. The van der Waals surface area contributed by atoms with Gasteiger partial charge >= 0.3 is 6.36 Å². The lowest BCUT2D eigenvalue weighted by molar-refractivity contribution is -0.274. The second-order valence-electron chi connectivity index (χ2n) is 5.90. The Bertz CT molecular complexity index is 1150. The van der Waals surface area contributed by atoms with E-state index in [1.807, 2.05) is 6.07 Å². The molecule has 6 nitrogen and oxygen atoms in total. The zero-order valence-electron chi connectivity index (χ0n) is 14.3. The molecule has 0 saturated carbocycles. The topological polar surface area (TPSA) is 59.7 Å². The van der Waals surface area contributed by atoms with Crippen LogP contribution in [0.2, 0.25) is 0 Å². The number of thiazole rings is 1. The molecular weight excluding hydrogens is 393 g/mol. The van der Waals surface area contributed by atoms with Gasteiger partial charge in [0, 0.05) is 11.9 Å². The quantitative estimate of drug-likeness (QED) is 0.669. The number of hydrogen-bond donors (Lipinski definition) is 0. The van der Waals surface area contributed by atoms with E-state index in [4.69, 9.17) is 0 Å². The Hall–Kier alpha value is -3.14. The molecule has 0 saturated heterocycles. The summed E-state index contributed by atoms with van der Waals surface area (Å²) in [5.41, 5.74) is 1.13. The maximum absolute atomic E-state index is 12.7. The van der Waals surface area contributed by atoms with Crippen molar-refractivity contribution in [3.05, 3.63) is 74.0 Å². The van der Waals surface area contributed by atoms with E-state index in [9.17, 15) is 18.0 Å². The van der Waals surface area contributed by atoms with Crippen LogP contribution in [0.25, 0.3) is 6.08 Å². The molecule has 0 unspecified atom stereocenters. The number of nitrogens with zero attached hydrogens (tertiary/aromatic N) is 4. The van der Waals surface area contributed by atoms with Crippen molar-refractivity contribution in [2.75, 3.05) is 11.6 Å². The molecule has 1 aliphatic rings. The number of alkyl halides is 3. The van der Waals surface area contributed by atoms with Crippen LogP contribution < -0.4 is 24.5 Å². The second-order valence-corrected chi connectivity index (χ2v) is 6.91. The second kappa shape index (κ2) is 7.12. The Morgan fingerprint density at radius 1 is 1.14 bits per heavy atom. The highest BCUT2D eigenvalue weighted by molar-refractivity contribution is 7.07. The van der Waals surface area contributed by atoms with Gasteiger partial charge < -0.3 is 9.64 Å². The van der Waals surface area contributed by atoms with Crippen LogP contribution in [0.15, 0.2) is 58.4 Å². The standard InChI is InChI=1S/C18H13F3N4O2S/c19-18(20,21)27-14-6-4-13(5-7-14)24-10-23-17-25(11-24)16(26)15(28-17)9-12-3-1-2-8-22-12/h1-9H,10-11H2. The fraction of sp³-hybridized carbons (Fsp3) is 0.167. The molecule has 0 N–H and O–H groups in total. The number of halogens is 3. The number of aromatic nitrogens is 2. The van der Waals surface area contributed by atoms with E-state index < -0.39 is 6.36 Å². The van der Waals surface area contributed by atoms with Crippen molar-refractivity contribution in [1.82, 2.24) is 9.55 Å². The molecule has 0 radical (unpaired) electrons. The summed E-state index contributed by atoms with van der Waals surface area (Å²) >= 11 is 1.28. The summed E-state index contributed by atoms with van der Waals surface area (Å²) < 4.78 is 42.7. The number of fused-ring (bicyclic) bond motifs is 1. The van der Waals surface area contributed by atoms with Gasteiger partial charge in [-0.3, -0.25) is 14.3 Å². The molecule has 0 fully saturated rings. The lowest BCUT2D eigenvalue weighted by Crippen LogP contribution is -2.42. The predicted octanol–water partition coefficient (Wildman–Crippen LogP) is 2.09. The van der Waals surface area contributed by atoms with Crippen LogP contribution in [0, 0.1) is 0 Å². The third kappa shape index (κ3) is 3.91. The van der Waals surface area contributed by atoms with Crippen LogP contribution in [-0.4, -0.2) is 22.6 Å². The first-order valence-electron chi connectivity index (χ1n) is 8.17. The number of pyridine rings is 1. The van der Waals surface area contributed by atoms with Crippen LogP contribution >= 0.6 is 11.3 Å². The Kier molecular flexibility index (Phi) is 4.63. The van der Waals surface area contributed by atoms with Crippen molar-refractivity contribution >= 4 is 23.1 Å². The molecule has 2 aromatic heterocycles. The molecule has 1 aromatic carbocycles. The summed E-state index contributed by atoms with van der Waals surface area (Å²) in [7, 11) is 0. The van der Waals surface area contributed by atoms with Gasteiger partial charge in [0.2, 0.25) is 0 Å². The molecule has 0 amide bonds. The van der Waals surface area contributed by atoms with Crippen molar-refractivity contribution in [2.24, 2.45) is 4.99 Å². The van der Waals surface area contributed by atoms with Crippen LogP contribution in [0.1, 0.15) is 5.69 Å². The number of anilines is 1. The van der Waals surface area contributed by atoms with E-state index in [0.717, 1.165) is 0 Å². The fourth-order valence-corrected chi connectivity index (χ4v) is 3.68. The van der Waals surface area contributed by atoms with E-state index in [-0.39, 0.29) is 18.0 Å². The fourth-order valence-electron chi connectivity index (χ4n) is 2.73. The molecule has 1 aliphatic heterocycles. The third-order valence-corrected chi connectivity index (χ3v) is 5.02. The molecule has 144 valence electrons. The summed E-state index contributed by atoms with van der Waals surface area (Å²) in [6.45, 7) is 0.548. The maximum atomic E-state index is 12.7. The van der Waals surface area contributed by atoms with Gasteiger partial charge in [-0.05, 0) is 42.5 Å². The normalized spacial score (nSPS) is 14.5. The van der Waals surface area contributed by atoms with Crippen molar-refractivity contribution < 1.29 is 17.9 Å². The van der Waals surface area contributed by atoms with Gasteiger partial charge in [-0.25, -0.2) is 4.99 Å². The lowest BCUT2D eigenvalue weighted by Gasteiger charge is -2.25. The van der Waals surface area contributed by atoms with Crippen molar-refractivity contribution in [3.63, 3.8) is 0 Å². The van der Waals surface area contributed by atoms with Crippen LogP contribution in [-0.2, 0) is 6.67 Å². The molecule has 0 atom stereocenters. The van der Waals surface area contributed by atoms with Crippen LogP contribution in [0.3, 0.4) is 0 Å². The predicted molar refractivity (Wildman–Crippen MR) is 97.6 cm³/mol. The Morgan fingerprint density at radius 3 is 2.61 bits per heavy atom. The molecular formula is C18H13F3N4O2S. The number of rotatable bonds is 3. The van der Waals surface area contributed by atoms with Gasteiger partial charge in [-0.2, -0.15) is 0 Å².